The monoisotopic (exact) mass is 249 g/mol. The highest BCUT2D eigenvalue weighted by molar-refractivity contribution is 5.43. The minimum absolute atomic E-state index is 0.0514. The number of hydrogen-bond donors (Lipinski definition) is 1. The van der Waals surface area contributed by atoms with Gasteiger partial charge in [-0.15, -0.1) is 0 Å². The predicted octanol–water partition coefficient (Wildman–Crippen LogP) is 2.67. The summed E-state index contributed by atoms with van der Waals surface area (Å²) in [4.78, 5) is 9.17. The first-order chi connectivity index (χ1) is 8.63. The van der Waals surface area contributed by atoms with Crippen molar-refractivity contribution >= 4 is 5.82 Å². The molecule has 0 bridgehead atoms. The molecule has 0 fully saturated rings. The normalized spacial score (nSPS) is 16.7. The van der Waals surface area contributed by atoms with Crippen LogP contribution in [0.2, 0.25) is 0 Å². The van der Waals surface area contributed by atoms with Crippen LogP contribution in [0.1, 0.15) is 56.8 Å². The Morgan fingerprint density at radius 3 is 2.61 bits per heavy atom. The number of aromatic nitrogens is 2. The minimum atomic E-state index is -0.0514. The van der Waals surface area contributed by atoms with E-state index in [4.69, 9.17) is 15.5 Å². The van der Waals surface area contributed by atoms with E-state index in [2.05, 4.69) is 18.8 Å². The molecule has 1 heterocycles. The zero-order valence-corrected chi connectivity index (χ0v) is 11.6. The first kappa shape index (κ1) is 13.3. The van der Waals surface area contributed by atoms with Crippen LogP contribution < -0.4 is 5.73 Å². The van der Waals surface area contributed by atoms with Crippen molar-refractivity contribution in [1.82, 2.24) is 9.97 Å². The molecule has 1 atom stereocenters. The molecule has 0 radical (unpaired) electrons. The second-order valence-electron chi connectivity index (χ2n) is 5.22. The van der Waals surface area contributed by atoms with Crippen LogP contribution in [0.3, 0.4) is 0 Å². The Labute approximate surface area is 109 Å². The summed E-state index contributed by atoms with van der Waals surface area (Å²) < 4.78 is 5.75. The molecule has 2 N–H and O–H groups in total. The van der Waals surface area contributed by atoms with E-state index in [9.17, 15) is 0 Å². The second-order valence-corrected chi connectivity index (χ2v) is 5.22. The number of aryl methyl sites for hydroxylation is 1. The Kier molecular flexibility index (Phi) is 4.17. The van der Waals surface area contributed by atoms with E-state index in [1.807, 2.05) is 6.92 Å². The van der Waals surface area contributed by atoms with Gasteiger partial charge in [0.15, 0.2) is 5.82 Å². The first-order valence-electron chi connectivity index (χ1n) is 6.90. The summed E-state index contributed by atoms with van der Waals surface area (Å²) in [5.41, 5.74) is 8.36. The second kappa shape index (κ2) is 5.65. The zero-order valence-electron chi connectivity index (χ0n) is 11.6. The van der Waals surface area contributed by atoms with Gasteiger partial charge in [0.25, 0.3) is 0 Å². The fourth-order valence-electron chi connectivity index (χ4n) is 2.51. The molecule has 1 aliphatic rings. The van der Waals surface area contributed by atoms with E-state index in [1.54, 1.807) is 0 Å². The standard InChI is InChI=1S/C14H23N3O/c1-4-18-12(9(2)3)14-16-11-8-6-5-7-10(11)13(15)17-14/h9,12H,4-8H2,1-3H3,(H2,15,16,17). The van der Waals surface area contributed by atoms with Crippen molar-refractivity contribution in [1.29, 1.82) is 0 Å². The molecule has 100 valence electrons. The van der Waals surface area contributed by atoms with Crippen LogP contribution in [0.5, 0.6) is 0 Å². The number of nitrogen functional groups attached to an aromatic ring is 1. The predicted molar refractivity (Wildman–Crippen MR) is 72.3 cm³/mol. The van der Waals surface area contributed by atoms with Gasteiger partial charge in [0, 0.05) is 17.9 Å². The molecular weight excluding hydrogens is 226 g/mol. The highest BCUT2D eigenvalue weighted by atomic mass is 16.5. The van der Waals surface area contributed by atoms with Crippen molar-refractivity contribution < 1.29 is 4.74 Å². The lowest BCUT2D eigenvalue weighted by Gasteiger charge is -2.23. The van der Waals surface area contributed by atoms with Gasteiger partial charge in [-0.2, -0.15) is 0 Å². The van der Waals surface area contributed by atoms with Gasteiger partial charge >= 0.3 is 0 Å². The van der Waals surface area contributed by atoms with Gasteiger partial charge < -0.3 is 10.5 Å². The fraction of sp³-hybridized carbons (Fsp3) is 0.714. The SMILES string of the molecule is CCOC(c1nc(N)c2c(n1)CCCC2)C(C)C. The Bertz CT molecular complexity index is 418. The van der Waals surface area contributed by atoms with Crippen LogP contribution in [0.15, 0.2) is 0 Å². The first-order valence-corrected chi connectivity index (χ1v) is 6.90. The van der Waals surface area contributed by atoms with Crippen molar-refractivity contribution in [3.63, 3.8) is 0 Å². The Morgan fingerprint density at radius 2 is 1.94 bits per heavy atom. The number of ether oxygens (including phenoxy) is 1. The molecule has 1 aliphatic carbocycles. The average Bonchev–Trinajstić information content (AvgIpc) is 2.35. The van der Waals surface area contributed by atoms with E-state index in [1.165, 1.54) is 12.8 Å². The topological polar surface area (TPSA) is 61.0 Å². The maximum Gasteiger partial charge on any atom is 0.160 e. The number of anilines is 1. The zero-order chi connectivity index (χ0) is 13.1. The number of nitrogens with zero attached hydrogens (tertiary/aromatic N) is 2. The number of fused-ring (bicyclic) bond motifs is 1. The van der Waals surface area contributed by atoms with Crippen molar-refractivity contribution in [3.05, 3.63) is 17.1 Å². The third-order valence-electron chi connectivity index (χ3n) is 3.44. The average molecular weight is 249 g/mol. The lowest BCUT2D eigenvalue weighted by Crippen LogP contribution is -2.19. The lowest BCUT2D eigenvalue weighted by molar-refractivity contribution is 0.0231. The molecule has 1 aromatic rings. The summed E-state index contributed by atoms with van der Waals surface area (Å²) in [6, 6.07) is 0. The van der Waals surface area contributed by atoms with E-state index < -0.39 is 0 Å². The lowest BCUT2D eigenvalue weighted by atomic mass is 9.96. The summed E-state index contributed by atoms with van der Waals surface area (Å²) in [5, 5.41) is 0. The molecule has 18 heavy (non-hydrogen) atoms. The highest BCUT2D eigenvalue weighted by Gasteiger charge is 2.23. The number of nitrogens with two attached hydrogens (primary N) is 1. The molecule has 1 aromatic heterocycles. The molecule has 0 amide bonds. The van der Waals surface area contributed by atoms with Gasteiger partial charge in [0.2, 0.25) is 0 Å². The van der Waals surface area contributed by atoms with Crippen molar-refractivity contribution in [2.24, 2.45) is 5.92 Å². The van der Waals surface area contributed by atoms with Crippen LogP contribution in [-0.4, -0.2) is 16.6 Å². The Hall–Kier alpha value is -1.16. The van der Waals surface area contributed by atoms with Crippen molar-refractivity contribution in [2.75, 3.05) is 12.3 Å². The number of hydrogen-bond acceptors (Lipinski definition) is 4. The molecule has 0 saturated heterocycles. The molecule has 0 aliphatic heterocycles. The minimum Gasteiger partial charge on any atom is -0.383 e. The van der Waals surface area contributed by atoms with E-state index in [0.717, 1.165) is 29.9 Å². The molecule has 1 unspecified atom stereocenters. The van der Waals surface area contributed by atoms with Gasteiger partial charge in [-0.1, -0.05) is 13.8 Å². The molecule has 0 aromatic carbocycles. The Balaban J connectivity index is 2.35. The van der Waals surface area contributed by atoms with Crippen molar-refractivity contribution in [2.45, 2.75) is 52.6 Å². The van der Waals surface area contributed by atoms with Gasteiger partial charge in [-0.05, 0) is 38.5 Å². The Morgan fingerprint density at radius 1 is 1.22 bits per heavy atom. The smallest absolute Gasteiger partial charge is 0.160 e. The van der Waals surface area contributed by atoms with Crippen LogP contribution in [0.25, 0.3) is 0 Å². The highest BCUT2D eigenvalue weighted by Crippen LogP contribution is 2.28. The van der Waals surface area contributed by atoms with E-state index >= 15 is 0 Å². The maximum absolute atomic E-state index is 6.07. The van der Waals surface area contributed by atoms with E-state index in [0.29, 0.717) is 18.3 Å². The summed E-state index contributed by atoms with van der Waals surface area (Å²) in [7, 11) is 0. The van der Waals surface area contributed by atoms with E-state index in [-0.39, 0.29) is 6.10 Å². The summed E-state index contributed by atoms with van der Waals surface area (Å²) in [6.07, 6.45) is 4.38. The van der Waals surface area contributed by atoms with Crippen LogP contribution >= 0.6 is 0 Å². The van der Waals surface area contributed by atoms with Crippen LogP contribution in [0.4, 0.5) is 5.82 Å². The maximum atomic E-state index is 6.07. The molecule has 4 heteroatoms. The molecule has 0 spiro atoms. The molecule has 0 saturated carbocycles. The van der Waals surface area contributed by atoms with Gasteiger partial charge in [-0.25, -0.2) is 9.97 Å². The van der Waals surface area contributed by atoms with Gasteiger partial charge in [0.05, 0.1) is 0 Å². The molecule has 4 nitrogen and oxygen atoms in total. The largest absolute Gasteiger partial charge is 0.383 e. The molecular formula is C14H23N3O. The molecule has 2 rings (SSSR count). The number of rotatable bonds is 4. The van der Waals surface area contributed by atoms with Crippen molar-refractivity contribution in [3.8, 4) is 0 Å². The third kappa shape index (κ3) is 2.64. The summed E-state index contributed by atoms with van der Waals surface area (Å²) in [6.45, 7) is 6.92. The van der Waals surface area contributed by atoms with Gasteiger partial charge in [0.1, 0.15) is 11.9 Å². The van der Waals surface area contributed by atoms with Gasteiger partial charge in [-0.3, -0.25) is 0 Å². The van der Waals surface area contributed by atoms with Crippen LogP contribution in [0, 0.1) is 5.92 Å². The third-order valence-corrected chi connectivity index (χ3v) is 3.44. The van der Waals surface area contributed by atoms with Crippen LogP contribution in [-0.2, 0) is 17.6 Å². The quantitative estimate of drug-likeness (QED) is 0.891. The summed E-state index contributed by atoms with van der Waals surface area (Å²) >= 11 is 0. The summed E-state index contributed by atoms with van der Waals surface area (Å²) in [5.74, 6) is 1.76. The fourth-order valence-corrected chi connectivity index (χ4v) is 2.51.